The molecule has 0 aliphatic carbocycles. The van der Waals surface area contributed by atoms with E-state index in [1.54, 1.807) is 18.3 Å². The van der Waals surface area contributed by atoms with Crippen molar-refractivity contribution >= 4 is 29.1 Å². The van der Waals surface area contributed by atoms with Gasteiger partial charge in [0.15, 0.2) is 0 Å². The van der Waals surface area contributed by atoms with Gasteiger partial charge in [-0.3, -0.25) is 14.4 Å². The predicted octanol–water partition coefficient (Wildman–Crippen LogP) is 1.53. The smallest absolute Gasteiger partial charge is 0.245 e. The van der Waals surface area contributed by atoms with Gasteiger partial charge in [0.2, 0.25) is 17.7 Å². The van der Waals surface area contributed by atoms with Crippen molar-refractivity contribution < 1.29 is 19.5 Å². The number of nitrogens with zero attached hydrogens (tertiary/aromatic N) is 2. The van der Waals surface area contributed by atoms with E-state index in [4.69, 9.17) is 0 Å². The number of aryl methyl sites for hydroxylation is 2. The van der Waals surface area contributed by atoms with Crippen LogP contribution in [0.25, 0.3) is 10.4 Å². The van der Waals surface area contributed by atoms with E-state index in [1.807, 2.05) is 38.1 Å². The number of aromatic nitrogens is 1. The van der Waals surface area contributed by atoms with E-state index in [0.29, 0.717) is 6.54 Å². The molecule has 9 heteroatoms. The van der Waals surface area contributed by atoms with Crippen molar-refractivity contribution in [3.8, 4) is 10.4 Å². The van der Waals surface area contributed by atoms with Crippen molar-refractivity contribution in [2.45, 2.75) is 58.8 Å². The molecule has 166 valence electrons. The molecule has 1 aromatic heterocycles. The third kappa shape index (κ3) is 5.48. The minimum atomic E-state index is -0.769. The molecule has 1 aliphatic heterocycles. The zero-order valence-electron chi connectivity index (χ0n) is 18.1. The maximum atomic E-state index is 12.7. The Morgan fingerprint density at radius 1 is 1.26 bits per heavy atom. The number of benzene rings is 1. The van der Waals surface area contributed by atoms with E-state index in [2.05, 4.69) is 15.6 Å². The van der Waals surface area contributed by atoms with Crippen LogP contribution in [0.15, 0.2) is 24.3 Å². The first kappa shape index (κ1) is 22.9. The highest BCUT2D eigenvalue weighted by Crippen LogP contribution is 2.29. The van der Waals surface area contributed by atoms with Gasteiger partial charge in [-0.05, 0) is 31.9 Å². The van der Waals surface area contributed by atoms with Crippen LogP contribution in [0, 0.1) is 13.8 Å². The summed E-state index contributed by atoms with van der Waals surface area (Å²) in [7, 11) is 0. The van der Waals surface area contributed by atoms with Gasteiger partial charge in [0.25, 0.3) is 0 Å². The molecular weight excluding hydrogens is 416 g/mol. The Morgan fingerprint density at radius 2 is 1.94 bits per heavy atom. The zero-order chi connectivity index (χ0) is 22.7. The van der Waals surface area contributed by atoms with Gasteiger partial charge in [-0.2, -0.15) is 0 Å². The molecule has 1 aromatic carbocycles. The number of nitrogens with one attached hydrogen (secondary N) is 2. The van der Waals surface area contributed by atoms with Gasteiger partial charge < -0.3 is 20.6 Å². The second-order valence-corrected chi connectivity index (χ2v) is 9.08. The molecule has 0 spiro atoms. The molecule has 1 fully saturated rings. The molecule has 0 saturated carbocycles. The summed E-state index contributed by atoms with van der Waals surface area (Å²) in [5.41, 5.74) is 3.02. The normalized spacial score (nSPS) is 19.2. The summed E-state index contributed by atoms with van der Waals surface area (Å²) in [4.78, 5) is 43.6. The molecule has 1 saturated heterocycles. The van der Waals surface area contributed by atoms with Gasteiger partial charge >= 0.3 is 0 Å². The molecule has 2 heterocycles. The van der Waals surface area contributed by atoms with E-state index in [9.17, 15) is 19.5 Å². The maximum absolute atomic E-state index is 12.7. The number of carbonyl (C=O) groups excluding carboxylic acids is 3. The molecule has 3 rings (SSSR count). The second-order valence-electron chi connectivity index (χ2n) is 7.88. The molecule has 0 radical (unpaired) electrons. The maximum Gasteiger partial charge on any atom is 0.245 e. The lowest BCUT2D eigenvalue weighted by molar-refractivity contribution is -0.141. The molecular formula is C22H28N4O4S. The molecule has 2 aromatic rings. The number of hydrogen-bond donors (Lipinski definition) is 3. The van der Waals surface area contributed by atoms with Crippen molar-refractivity contribution in [1.29, 1.82) is 0 Å². The fourth-order valence-electron chi connectivity index (χ4n) is 3.80. The highest BCUT2D eigenvalue weighted by Gasteiger charge is 2.40. The Hall–Kier alpha value is -2.78. The summed E-state index contributed by atoms with van der Waals surface area (Å²) in [6, 6.07) is 6.40. The van der Waals surface area contributed by atoms with Gasteiger partial charge in [0, 0.05) is 26.4 Å². The van der Waals surface area contributed by atoms with Gasteiger partial charge in [0.1, 0.15) is 12.1 Å². The number of hydrogen-bond acceptors (Lipinski definition) is 6. The van der Waals surface area contributed by atoms with Crippen molar-refractivity contribution in [3.63, 3.8) is 0 Å². The number of β-amino-alcohol motifs (C(OH)–C–C–N with tert-alkyl or cyclic N) is 1. The summed E-state index contributed by atoms with van der Waals surface area (Å²) in [6.07, 6.45) is -0.595. The van der Waals surface area contributed by atoms with Crippen LogP contribution in [0.3, 0.4) is 0 Å². The van der Waals surface area contributed by atoms with Crippen LogP contribution in [0.4, 0.5) is 0 Å². The fourth-order valence-corrected chi connectivity index (χ4v) is 4.73. The minimum absolute atomic E-state index is 0.0726. The highest BCUT2D eigenvalue weighted by molar-refractivity contribution is 7.15. The van der Waals surface area contributed by atoms with Crippen molar-refractivity contribution in [2.75, 3.05) is 6.54 Å². The Balaban J connectivity index is 1.62. The first-order valence-electron chi connectivity index (χ1n) is 10.2. The summed E-state index contributed by atoms with van der Waals surface area (Å²) in [5, 5.41) is 16.4. The quantitative estimate of drug-likeness (QED) is 0.626. The molecule has 3 amide bonds. The molecule has 3 atom stereocenters. The Labute approximate surface area is 185 Å². The van der Waals surface area contributed by atoms with Gasteiger partial charge in [-0.25, -0.2) is 4.98 Å². The average molecular weight is 445 g/mol. The standard InChI is InChI=1S/C22H28N4O4S/c1-12-20(31-15(4)25-12)17-7-5-16(6-8-17)10-23-21(29)19-9-18(28)11-26(19)22(30)13(2)24-14(3)27/h5-8,13,18-19,28H,9-11H2,1-4H3,(H,23,29)(H,24,27)/t13-,18+,19-/m0/s1. The SMILES string of the molecule is CC(=O)N[C@@H](C)C(=O)N1C[C@H](O)C[C@H]1C(=O)NCc1ccc(-c2sc(C)nc2C)cc1. The number of aliphatic hydroxyl groups is 1. The molecule has 3 N–H and O–H groups in total. The molecule has 1 aliphatic rings. The summed E-state index contributed by atoms with van der Waals surface area (Å²) in [5.74, 6) is -1.03. The zero-order valence-corrected chi connectivity index (χ0v) is 19.0. The molecule has 0 unspecified atom stereocenters. The molecule has 0 bridgehead atoms. The highest BCUT2D eigenvalue weighted by atomic mass is 32.1. The van der Waals surface area contributed by atoms with Crippen LogP contribution < -0.4 is 10.6 Å². The van der Waals surface area contributed by atoms with Crippen molar-refractivity contribution in [1.82, 2.24) is 20.5 Å². The Morgan fingerprint density at radius 3 is 2.52 bits per heavy atom. The fraction of sp³-hybridized carbons (Fsp3) is 0.455. The van der Waals surface area contributed by atoms with Crippen LogP contribution in [-0.4, -0.2) is 57.4 Å². The summed E-state index contributed by atoms with van der Waals surface area (Å²) < 4.78 is 0. The van der Waals surface area contributed by atoms with Crippen LogP contribution in [0.1, 0.15) is 36.5 Å². The predicted molar refractivity (Wildman–Crippen MR) is 118 cm³/mol. The van der Waals surface area contributed by atoms with E-state index >= 15 is 0 Å². The minimum Gasteiger partial charge on any atom is -0.391 e. The lowest BCUT2D eigenvalue weighted by Crippen LogP contribution is -2.52. The summed E-state index contributed by atoms with van der Waals surface area (Å²) >= 11 is 1.65. The number of likely N-dealkylation sites (tertiary alicyclic amines) is 1. The molecule has 8 nitrogen and oxygen atoms in total. The number of aliphatic hydroxyl groups excluding tert-OH is 1. The van der Waals surface area contributed by atoms with Crippen molar-refractivity contribution in [3.05, 3.63) is 40.5 Å². The van der Waals surface area contributed by atoms with E-state index in [1.165, 1.54) is 11.8 Å². The van der Waals surface area contributed by atoms with Crippen LogP contribution in [-0.2, 0) is 20.9 Å². The first-order valence-corrected chi connectivity index (χ1v) is 11.0. The number of carbonyl (C=O) groups is 3. The Bertz CT molecular complexity index is 972. The first-order chi connectivity index (χ1) is 14.7. The number of thiazole rings is 1. The number of amides is 3. The third-order valence-corrected chi connectivity index (χ3v) is 6.36. The van der Waals surface area contributed by atoms with Crippen LogP contribution >= 0.6 is 11.3 Å². The van der Waals surface area contributed by atoms with E-state index in [0.717, 1.165) is 26.7 Å². The van der Waals surface area contributed by atoms with Crippen LogP contribution in [0.5, 0.6) is 0 Å². The third-order valence-electron chi connectivity index (χ3n) is 5.24. The second kappa shape index (κ2) is 9.57. The van der Waals surface area contributed by atoms with Gasteiger partial charge in [-0.1, -0.05) is 24.3 Å². The lowest BCUT2D eigenvalue weighted by atomic mass is 10.1. The largest absolute Gasteiger partial charge is 0.391 e. The van der Waals surface area contributed by atoms with E-state index in [-0.39, 0.29) is 30.7 Å². The topological polar surface area (TPSA) is 112 Å². The lowest BCUT2D eigenvalue weighted by Gasteiger charge is -2.26. The molecule has 31 heavy (non-hydrogen) atoms. The summed E-state index contributed by atoms with van der Waals surface area (Å²) in [6.45, 7) is 7.25. The van der Waals surface area contributed by atoms with E-state index < -0.39 is 18.2 Å². The number of rotatable bonds is 6. The van der Waals surface area contributed by atoms with Crippen LogP contribution in [0.2, 0.25) is 0 Å². The van der Waals surface area contributed by atoms with Gasteiger partial charge in [0.05, 0.1) is 21.7 Å². The monoisotopic (exact) mass is 444 g/mol. The Kier molecular flexibility index (Phi) is 7.07. The van der Waals surface area contributed by atoms with Crippen molar-refractivity contribution in [2.24, 2.45) is 0 Å². The van der Waals surface area contributed by atoms with Gasteiger partial charge in [-0.15, -0.1) is 11.3 Å². The average Bonchev–Trinajstić information content (AvgIpc) is 3.27.